The van der Waals surface area contributed by atoms with Crippen LogP contribution in [-0.2, 0) is 16.1 Å². The van der Waals surface area contributed by atoms with Gasteiger partial charge in [0.25, 0.3) is 5.91 Å². The van der Waals surface area contributed by atoms with Crippen molar-refractivity contribution in [2.45, 2.75) is 62.8 Å². The predicted molar refractivity (Wildman–Crippen MR) is 125 cm³/mol. The minimum atomic E-state index is -0.617. The molecule has 1 N–H and O–H groups in total. The molecule has 2 aromatic carbocycles. The van der Waals surface area contributed by atoms with Crippen LogP contribution >= 0.6 is 0 Å². The van der Waals surface area contributed by atoms with E-state index < -0.39 is 11.9 Å². The quantitative estimate of drug-likeness (QED) is 0.670. The number of carbonyl (C=O) groups excluding carboxylic acids is 3. The van der Waals surface area contributed by atoms with E-state index >= 15 is 0 Å². The van der Waals surface area contributed by atoms with Crippen molar-refractivity contribution in [3.8, 4) is 5.75 Å². The lowest BCUT2D eigenvalue weighted by atomic mass is 9.89. The van der Waals surface area contributed by atoms with Crippen LogP contribution in [0, 0.1) is 5.82 Å². The van der Waals surface area contributed by atoms with Crippen LogP contribution < -0.4 is 10.1 Å². The van der Waals surface area contributed by atoms with Crippen molar-refractivity contribution in [1.82, 2.24) is 15.1 Å². The Labute approximate surface area is 203 Å². The first-order valence-electron chi connectivity index (χ1n) is 12.4. The third-order valence-electron chi connectivity index (χ3n) is 7.90. The van der Waals surface area contributed by atoms with Gasteiger partial charge in [-0.3, -0.25) is 24.6 Å². The second kappa shape index (κ2) is 8.75. The normalized spacial score (nSPS) is 27.1. The Balaban J connectivity index is 1.10. The molecule has 3 heterocycles. The Bertz CT molecular complexity index is 1190. The SMILES string of the molecule is O=C1CCC(N2Cc3cc(OC4CCCC4N4CC(c5cccc(F)c5)C4)ccc3C2=O)C(=O)N1. The summed E-state index contributed by atoms with van der Waals surface area (Å²) in [6.45, 7) is 2.16. The Morgan fingerprint density at radius 2 is 1.86 bits per heavy atom. The molecule has 2 saturated heterocycles. The van der Waals surface area contributed by atoms with E-state index in [1.54, 1.807) is 23.1 Å². The number of ether oxygens (including phenoxy) is 1. The summed E-state index contributed by atoms with van der Waals surface area (Å²) in [5.41, 5.74) is 2.49. The van der Waals surface area contributed by atoms with Gasteiger partial charge in [0.2, 0.25) is 11.8 Å². The van der Waals surface area contributed by atoms with Crippen LogP contribution in [-0.4, -0.2) is 58.8 Å². The Morgan fingerprint density at radius 1 is 1.00 bits per heavy atom. The molecule has 3 aliphatic heterocycles. The summed E-state index contributed by atoms with van der Waals surface area (Å²) in [6.07, 6.45) is 3.82. The topological polar surface area (TPSA) is 79.0 Å². The smallest absolute Gasteiger partial charge is 0.255 e. The van der Waals surface area contributed by atoms with Gasteiger partial charge >= 0.3 is 0 Å². The summed E-state index contributed by atoms with van der Waals surface area (Å²) in [7, 11) is 0. The first-order valence-corrected chi connectivity index (χ1v) is 12.4. The van der Waals surface area contributed by atoms with Crippen LogP contribution in [0.25, 0.3) is 0 Å². The van der Waals surface area contributed by atoms with Gasteiger partial charge in [-0.25, -0.2) is 4.39 Å². The summed E-state index contributed by atoms with van der Waals surface area (Å²) in [5.74, 6) is 0.0375. The van der Waals surface area contributed by atoms with Crippen LogP contribution in [0.15, 0.2) is 42.5 Å². The second-order valence-electron chi connectivity index (χ2n) is 10.1. The van der Waals surface area contributed by atoms with Gasteiger partial charge in [-0.15, -0.1) is 0 Å². The standard InChI is InChI=1S/C27H28FN3O4/c28-19-4-1-3-16(11-19)18-13-30(14-18)22-5-2-6-24(22)35-20-7-8-21-17(12-20)15-31(27(21)34)23-9-10-25(32)29-26(23)33/h1,3-4,7-8,11-12,18,22-24H,2,5-6,9-10,13-15H2,(H,29,32,33). The monoisotopic (exact) mass is 477 g/mol. The minimum Gasteiger partial charge on any atom is -0.489 e. The van der Waals surface area contributed by atoms with Crippen molar-refractivity contribution < 1.29 is 23.5 Å². The van der Waals surface area contributed by atoms with E-state index in [4.69, 9.17) is 4.74 Å². The molecular weight excluding hydrogens is 449 g/mol. The molecule has 1 saturated carbocycles. The number of amides is 3. The van der Waals surface area contributed by atoms with Crippen molar-refractivity contribution in [2.24, 2.45) is 0 Å². The highest BCUT2D eigenvalue weighted by molar-refractivity contribution is 6.05. The second-order valence-corrected chi connectivity index (χ2v) is 10.1. The number of imide groups is 1. The number of piperidine rings is 1. The van der Waals surface area contributed by atoms with E-state index in [0.29, 0.717) is 30.5 Å². The largest absolute Gasteiger partial charge is 0.489 e. The average molecular weight is 478 g/mol. The molecule has 3 unspecified atom stereocenters. The van der Waals surface area contributed by atoms with Gasteiger partial charge in [0.1, 0.15) is 23.7 Å². The highest BCUT2D eigenvalue weighted by Gasteiger charge is 2.42. The van der Waals surface area contributed by atoms with Crippen LogP contribution in [0.1, 0.15) is 59.5 Å². The lowest BCUT2D eigenvalue weighted by molar-refractivity contribution is -0.136. The number of benzene rings is 2. The fourth-order valence-electron chi connectivity index (χ4n) is 6.02. The molecule has 8 heteroatoms. The summed E-state index contributed by atoms with van der Waals surface area (Å²) in [5, 5.41) is 2.34. The van der Waals surface area contributed by atoms with E-state index in [9.17, 15) is 18.8 Å². The van der Waals surface area contributed by atoms with E-state index in [2.05, 4.69) is 10.2 Å². The van der Waals surface area contributed by atoms with Crippen molar-refractivity contribution >= 4 is 17.7 Å². The van der Waals surface area contributed by atoms with Crippen molar-refractivity contribution in [1.29, 1.82) is 0 Å². The maximum absolute atomic E-state index is 13.6. The number of fused-ring (bicyclic) bond motifs is 1. The lowest BCUT2D eigenvalue weighted by Gasteiger charge is -2.45. The van der Waals surface area contributed by atoms with Gasteiger partial charge in [0.05, 0.1) is 0 Å². The summed E-state index contributed by atoms with van der Waals surface area (Å²) >= 11 is 0. The molecule has 3 amide bonds. The molecule has 3 fully saturated rings. The van der Waals surface area contributed by atoms with Crippen LogP contribution in [0.3, 0.4) is 0 Å². The summed E-state index contributed by atoms with van der Waals surface area (Å²) in [6, 6.07) is 12.1. The zero-order valence-electron chi connectivity index (χ0n) is 19.4. The maximum atomic E-state index is 13.6. The molecule has 182 valence electrons. The molecule has 4 aliphatic rings. The van der Waals surface area contributed by atoms with Crippen LogP contribution in [0.4, 0.5) is 4.39 Å². The minimum absolute atomic E-state index is 0.0739. The summed E-state index contributed by atoms with van der Waals surface area (Å²) in [4.78, 5) is 40.7. The maximum Gasteiger partial charge on any atom is 0.255 e. The Hall–Kier alpha value is -3.26. The van der Waals surface area contributed by atoms with Gasteiger partial charge in [-0.1, -0.05) is 12.1 Å². The number of hydrogen-bond acceptors (Lipinski definition) is 5. The molecule has 1 aliphatic carbocycles. The van der Waals surface area contributed by atoms with Crippen LogP contribution in [0.5, 0.6) is 5.75 Å². The van der Waals surface area contributed by atoms with Gasteiger partial charge in [-0.05, 0) is 67.1 Å². The highest BCUT2D eigenvalue weighted by atomic mass is 19.1. The number of likely N-dealkylation sites (tertiary alicyclic amines) is 1. The zero-order valence-corrected chi connectivity index (χ0v) is 19.4. The van der Waals surface area contributed by atoms with Gasteiger partial charge < -0.3 is 9.64 Å². The molecule has 35 heavy (non-hydrogen) atoms. The third kappa shape index (κ3) is 4.10. The summed E-state index contributed by atoms with van der Waals surface area (Å²) < 4.78 is 20.0. The molecule has 0 bridgehead atoms. The number of hydrogen-bond donors (Lipinski definition) is 1. The van der Waals surface area contributed by atoms with Crippen molar-refractivity contribution in [3.63, 3.8) is 0 Å². The third-order valence-corrected chi connectivity index (χ3v) is 7.90. The average Bonchev–Trinajstić information content (AvgIpc) is 3.37. The highest BCUT2D eigenvalue weighted by Crippen LogP contribution is 2.37. The number of rotatable bonds is 5. The molecule has 7 nitrogen and oxygen atoms in total. The number of halogens is 1. The molecule has 0 spiro atoms. The fourth-order valence-corrected chi connectivity index (χ4v) is 6.02. The van der Waals surface area contributed by atoms with E-state index in [-0.39, 0.29) is 30.2 Å². The Morgan fingerprint density at radius 3 is 2.66 bits per heavy atom. The predicted octanol–water partition coefficient (Wildman–Crippen LogP) is 2.99. The molecule has 0 aromatic heterocycles. The van der Waals surface area contributed by atoms with Crippen molar-refractivity contribution in [2.75, 3.05) is 13.1 Å². The first kappa shape index (κ1) is 22.2. The van der Waals surface area contributed by atoms with Gasteiger partial charge in [0, 0.05) is 43.6 Å². The van der Waals surface area contributed by atoms with E-state index in [1.807, 2.05) is 18.2 Å². The fraction of sp³-hybridized carbons (Fsp3) is 0.444. The number of carbonyl (C=O) groups is 3. The van der Waals surface area contributed by atoms with E-state index in [1.165, 1.54) is 6.07 Å². The molecule has 3 atom stereocenters. The molecule has 6 rings (SSSR count). The lowest BCUT2D eigenvalue weighted by Crippen LogP contribution is -2.54. The van der Waals surface area contributed by atoms with Gasteiger partial charge in [0.15, 0.2) is 0 Å². The Kier molecular flexibility index (Phi) is 5.56. The van der Waals surface area contributed by atoms with Crippen molar-refractivity contribution in [3.05, 3.63) is 65.0 Å². The molecule has 0 radical (unpaired) electrons. The molecule has 2 aromatic rings. The van der Waals surface area contributed by atoms with Crippen LogP contribution in [0.2, 0.25) is 0 Å². The van der Waals surface area contributed by atoms with Gasteiger partial charge in [-0.2, -0.15) is 0 Å². The first-order chi connectivity index (χ1) is 17.0. The zero-order chi connectivity index (χ0) is 24.1. The number of nitrogens with zero attached hydrogens (tertiary/aromatic N) is 2. The number of nitrogens with one attached hydrogen (secondary N) is 1. The molecular formula is C27H28FN3O4. The van der Waals surface area contributed by atoms with E-state index in [0.717, 1.165) is 49.2 Å².